The Morgan fingerprint density at radius 1 is 1.21 bits per heavy atom. The molecule has 1 rings (SSSR count). The zero-order valence-corrected chi connectivity index (χ0v) is 13.2. The molecule has 0 saturated carbocycles. The van der Waals surface area contributed by atoms with E-state index in [4.69, 9.17) is 9.79 Å². The van der Waals surface area contributed by atoms with Crippen LogP contribution in [-0.4, -0.2) is 42.2 Å². The summed E-state index contributed by atoms with van der Waals surface area (Å²) in [7, 11) is -8.21. The predicted molar refractivity (Wildman–Crippen MR) is 75.0 cm³/mol. The molecule has 114 valence electrons. The zero-order chi connectivity index (χ0) is 15.3. The van der Waals surface area contributed by atoms with Gasteiger partial charge in [0.2, 0.25) is 0 Å². The largest absolute Gasteiger partial charge is 0.496 e. The van der Waals surface area contributed by atoms with E-state index in [1.807, 2.05) is 20.8 Å². The summed E-state index contributed by atoms with van der Waals surface area (Å²) >= 11 is 0. The van der Waals surface area contributed by atoms with Crippen molar-refractivity contribution in [1.29, 1.82) is 0 Å². The van der Waals surface area contributed by atoms with E-state index in [-0.39, 0.29) is 18.4 Å². The van der Waals surface area contributed by atoms with Crippen molar-refractivity contribution < 1.29 is 29.0 Å². The highest BCUT2D eigenvalue weighted by atomic mass is 31.2. The first kappa shape index (κ1) is 19.2. The summed E-state index contributed by atoms with van der Waals surface area (Å²) in [6, 6.07) is 0. The molecule has 1 fully saturated rings. The minimum absolute atomic E-state index is 0.112. The highest BCUT2D eigenvalue weighted by Crippen LogP contribution is 2.51. The Kier molecular flexibility index (Phi) is 7.88. The molecular formula is C10H24NO6P2+. The van der Waals surface area contributed by atoms with Gasteiger partial charge in [0.1, 0.15) is 0 Å². The fourth-order valence-corrected chi connectivity index (χ4v) is 3.36. The Morgan fingerprint density at radius 3 is 2.16 bits per heavy atom. The van der Waals surface area contributed by atoms with Gasteiger partial charge in [-0.15, -0.1) is 4.67 Å². The van der Waals surface area contributed by atoms with Crippen LogP contribution in [0.25, 0.3) is 0 Å². The van der Waals surface area contributed by atoms with Crippen LogP contribution in [0, 0.1) is 11.8 Å². The fraction of sp³-hybridized carbons (Fsp3) is 0.800. The highest BCUT2D eigenvalue weighted by molar-refractivity contribution is 7.56. The molecule has 2 atom stereocenters. The minimum atomic E-state index is -4.19. The topological polar surface area (TPSA) is 121 Å². The molecule has 0 bridgehead atoms. The van der Waals surface area contributed by atoms with Crippen LogP contribution in [0.3, 0.4) is 0 Å². The molecule has 5 N–H and O–H groups in total. The van der Waals surface area contributed by atoms with Crippen molar-refractivity contribution in [1.82, 2.24) is 4.67 Å². The van der Waals surface area contributed by atoms with E-state index < -0.39 is 15.7 Å². The first-order valence-electron chi connectivity index (χ1n) is 6.15. The molecule has 0 aromatic rings. The Hall–Kier alpha value is 0.160. The van der Waals surface area contributed by atoms with E-state index in [0.29, 0.717) is 13.0 Å². The fourth-order valence-electron chi connectivity index (χ4n) is 1.96. The SMILES string of the molecule is CC.CC1C[C@H](/C=C\P(=O)(O)O)CN([P+](O)(O)O)C1. The predicted octanol–water partition coefficient (Wildman–Crippen LogP) is 1.32. The number of rotatable bonds is 3. The molecule has 7 nitrogen and oxygen atoms in total. The van der Waals surface area contributed by atoms with Crippen LogP contribution in [0.5, 0.6) is 0 Å². The van der Waals surface area contributed by atoms with Crippen LogP contribution in [-0.2, 0) is 4.57 Å². The molecule has 1 heterocycles. The lowest BCUT2D eigenvalue weighted by Crippen LogP contribution is -2.38. The van der Waals surface area contributed by atoms with Crippen LogP contribution >= 0.6 is 15.7 Å². The van der Waals surface area contributed by atoms with Gasteiger partial charge in [0.15, 0.2) is 0 Å². The normalized spacial score (nSPS) is 26.1. The number of nitrogens with zero attached hydrogens (tertiary/aromatic N) is 1. The maximum atomic E-state index is 10.7. The summed E-state index contributed by atoms with van der Waals surface area (Å²) < 4.78 is 11.8. The number of hydrogen-bond acceptors (Lipinski definition) is 5. The van der Waals surface area contributed by atoms with Crippen molar-refractivity contribution in [3.63, 3.8) is 0 Å². The molecule has 9 heteroatoms. The third kappa shape index (κ3) is 8.12. The Bertz CT molecular complexity index is 337. The number of piperidine rings is 1. The molecule has 0 aromatic heterocycles. The second-order valence-electron chi connectivity index (χ2n) is 4.44. The molecule has 19 heavy (non-hydrogen) atoms. The Balaban J connectivity index is 0.00000154. The molecule has 1 unspecified atom stereocenters. The van der Waals surface area contributed by atoms with Crippen LogP contribution in [0.4, 0.5) is 0 Å². The standard InChI is InChI=1S/C8H17NO6P2.C2H6/c1-7-4-8(2-3-16(10,11)12)6-9(5-7)17(13,14)15;1-2/h2-3,7-8,13-15H,4-6H2,1H3,(H-,10,11,12);1-2H3/p+1/b3-2-;/t7?,8-;/m0./s1. The van der Waals surface area contributed by atoms with Crippen molar-refractivity contribution in [2.24, 2.45) is 11.8 Å². The van der Waals surface area contributed by atoms with Gasteiger partial charge in [-0.3, -0.25) is 4.57 Å². The maximum absolute atomic E-state index is 10.7. The summed E-state index contributed by atoms with van der Waals surface area (Å²) in [5.74, 6) is 0.721. The summed E-state index contributed by atoms with van der Waals surface area (Å²) in [4.78, 5) is 44.9. The van der Waals surface area contributed by atoms with E-state index in [0.717, 1.165) is 10.5 Å². The molecule has 1 aliphatic heterocycles. The lowest BCUT2D eigenvalue weighted by molar-refractivity contribution is 0.164. The van der Waals surface area contributed by atoms with E-state index in [2.05, 4.69) is 0 Å². The first-order chi connectivity index (χ1) is 8.58. The maximum Gasteiger partial charge on any atom is 0.496 e. The van der Waals surface area contributed by atoms with E-state index in [1.165, 1.54) is 6.08 Å². The smallest absolute Gasteiger partial charge is 0.321 e. The van der Waals surface area contributed by atoms with Gasteiger partial charge in [0.25, 0.3) is 0 Å². The molecular weight excluding hydrogens is 292 g/mol. The molecule has 0 amide bonds. The summed E-state index contributed by atoms with van der Waals surface area (Å²) in [5, 5.41) is 0. The second kappa shape index (κ2) is 7.81. The quantitative estimate of drug-likeness (QED) is 0.498. The Labute approximate surface area is 114 Å². The van der Waals surface area contributed by atoms with Crippen molar-refractivity contribution in [2.45, 2.75) is 27.2 Å². The van der Waals surface area contributed by atoms with Crippen molar-refractivity contribution in [2.75, 3.05) is 13.1 Å². The highest BCUT2D eigenvalue weighted by Gasteiger charge is 2.44. The lowest BCUT2D eigenvalue weighted by atomic mass is 9.92. The van der Waals surface area contributed by atoms with Crippen LogP contribution in [0.1, 0.15) is 27.2 Å². The van der Waals surface area contributed by atoms with Gasteiger partial charge in [0.05, 0.1) is 0 Å². The molecule has 0 aliphatic carbocycles. The Morgan fingerprint density at radius 2 is 1.74 bits per heavy atom. The van der Waals surface area contributed by atoms with Gasteiger partial charge in [-0.2, -0.15) is 14.7 Å². The third-order valence-corrected chi connectivity index (χ3v) is 4.25. The first-order valence-corrected chi connectivity index (χ1v) is 9.43. The van der Waals surface area contributed by atoms with Crippen molar-refractivity contribution in [3.8, 4) is 0 Å². The lowest BCUT2D eigenvalue weighted by Gasteiger charge is -2.32. The van der Waals surface area contributed by atoms with Crippen LogP contribution in [0.2, 0.25) is 0 Å². The van der Waals surface area contributed by atoms with Crippen molar-refractivity contribution >= 4 is 15.7 Å². The van der Waals surface area contributed by atoms with Gasteiger partial charge >= 0.3 is 15.7 Å². The molecule has 0 radical (unpaired) electrons. The molecule has 0 spiro atoms. The average Bonchev–Trinajstić information content (AvgIpc) is 2.26. The zero-order valence-electron chi connectivity index (χ0n) is 11.4. The monoisotopic (exact) mass is 316 g/mol. The molecule has 1 saturated heterocycles. The van der Waals surface area contributed by atoms with Crippen LogP contribution < -0.4 is 0 Å². The van der Waals surface area contributed by atoms with E-state index in [9.17, 15) is 19.2 Å². The minimum Gasteiger partial charge on any atom is -0.321 e. The van der Waals surface area contributed by atoms with Crippen molar-refractivity contribution in [3.05, 3.63) is 11.9 Å². The molecule has 1 aliphatic rings. The van der Waals surface area contributed by atoms with Gasteiger partial charge in [-0.1, -0.05) is 26.8 Å². The van der Waals surface area contributed by atoms with E-state index in [1.54, 1.807) is 0 Å². The van der Waals surface area contributed by atoms with E-state index >= 15 is 0 Å². The van der Waals surface area contributed by atoms with Gasteiger partial charge in [-0.25, -0.2) is 0 Å². The third-order valence-electron chi connectivity index (χ3n) is 2.60. The summed E-state index contributed by atoms with van der Waals surface area (Å²) in [6.07, 6.45) is 2.06. The van der Waals surface area contributed by atoms with Gasteiger partial charge < -0.3 is 9.79 Å². The van der Waals surface area contributed by atoms with Gasteiger partial charge in [0, 0.05) is 18.9 Å². The average molecular weight is 316 g/mol. The van der Waals surface area contributed by atoms with Gasteiger partial charge in [-0.05, 0) is 18.3 Å². The second-order valence-corrected chi connectivity index (χ2v) is 7.56. The van der Waals surface area contributed by atoms with Crippen LogP contribution in [0.15, 0.2) is 11.9 Å². The summed E-state index contributed by atoms with van der Waals surface area (Å²) in [5.41, 5.74) is 0. The number of hydrogen-bond donors (Lipinski definition) is 5. The summed E-state index contributed by atoms with van der Waals surface area (Å²) in [6.45, 7) is 6.41. The molecule has 0 aromatic carbocycles.